The number of nitrogens with one attached hydrogen (secondary N) is 3. The summed E-state index contributed by atoms with van der Waals surface area (Å²) in [4.78, 5) is 57.0. The fraction of sp³-hybridized carbons (Fsp3) is 0.508. The maximum absolute atomic E-state index is 14.3. The van der Waals surface area contributed by atoms with E-state index in [2.05, 4.69) is 84.2 Å². The number of nitrogens with zero attached hydrogens (tertiary/aromatic N) is 3. The van der Waals surface area contributed by atoms with Crippen LogP contribution in [0.1, 0.15) is 146 Å². The van der Waals surface area contributed by atoms with E-state index in [4.69, 9.17) is 24.5 Å². The molecule has 4 unspecified atom stereocenters. The van der Waals surface area contributed by atoms with Crippen LogP contribution in [0.25, 0.3) is 0 Å². The van der Waals surface area contributed by atoms with Gasteiger partial charge in [0, 0.05) is 65.7 Å². The maximum atomic E-state index is 14.3. The van der Waals surface area contributed by atoms with Gasteiger partial charge in [0.2, 0.25) is 0 Å². The summed E-state index contributed by atoms with van der Waals surface area (Å²) < 4.78 is 11.2. The Morgan fingerprint density at radius 2 is 1.51 bits per heavy atom. The van der Waals surface area contributed by atoms with Crippen LogP contribution in [0.4, 0.5) is 0 Å². The number of carbonyl (C=O) groups excluding carboxylic acids is 3. The van der Waals surface area contributed by atoms with Crippen LogP contribution in [0, 0.1) is 29.6 Å². The summed E-state index contributed by atoms with van der Waals surface area (Å²) in [6, 6.07) is 0. The predicted molar refractivity (Wildman–Crippen MR) is 303 cm³/mol. The molecule has 1 saturated heterocycles. The average Bonchev–Trinajstić information content (AvgIpc) is 4.04. The predicted octanol–water partition coefficient (Wildman–Crippen LogP) is 12.5. The molecule has 5 aliphatic heterocycles. The maximum Gasteiger partial charge on any atom is 2.00 e. The second-order valence-corrected chi connectivity index (χ2v) is 20.6. The molecular weight excluding hydrogens is 921 g/mol. The van der Waals surface area contributed by atoms with E-state index in [0.29, 0.717) is 64.8 Å². The zero-order chi connectivity index (χ0) is 52.5. The van der Waals surface area contributed by atoms with E-state index in [1.54, 1.807) is 12.2 Å². The number of rotatable bonds is 27. The van der Waals surface area contributed by atoms with Crippen LogP contribution in [-0.4, -0.2) is 84.8 Å². The second-order valence-electron chi connectivity index (χ2n) is 20.6. The van der Waals surface area contributed by atoms with Gasteiger partial charge in [0.05, 0.1) is 53.3 Å². The molecule has 4 atom stereocenters. The molecule has 5 rings (SSSR count). The van der Waals surface area contributed by atoms with Gasteiger partial charge in [0.25, 0.3) is 5.91 Å². The largest absolute Gasteiger partial charge is 2.00 e. The van der Waals surface area contributed by atoms with E-state index in [0.717, 1.165) is 69.8 Å². The summed E-state index contributed by atoms with van der Waals surface area (Å²) in [6.07, 6.45) is 27.4. The summed E-state index contributed by atoms with van der Waals surface area (Å²) >= 11 is 0. The van der Waals surface area contributed by atoms with Crippen molar-refractivity contribution >= 4 is 58.0 Å². The van der Waals surface area contributed by atoms with Gasteiger partial charge in [-0.25, -0.2) is 15.0 Å². The van der Waals surface area contributed by atoms with Gasteiger partial charge >= 0.3 is 35.0 Å². The molecule has 0 aliphatic carbocycles. The summed E-state index contributed by atoms with van der Waals surface area (Å²) in [5.41, 5.74) is 11.8. The SMILES string of the molecule is C=CCN/C=C1/C2=NC(=C1CC)C=C1N=C(C(CC(=O)OC)=C3NC(=CC4=NC(=C2)C(C=C)=C4C)C(C)C3CCC(=O)OC/C=C(\C)CCCC(C)CCCC(C)CCCC(C)C)C(C(=O)NCC=C)=C1C.[Mg+2]. The Morgan fingerprint density at radius 1 is 0.822 bits per heavy atom. The minimum absolute atomic E-state index is 0. The summed E-state index contributed by atoms with van der Waals surface area (Å²) in [6.45, 7) is 32.5. The smallest absolute Gasteiger partial charge is 0.469 e. The molecule has 388 valence electrons. The molecule has 1 amide bonds. The molecule has 8 bridgehead atoms. The Morgan fingerprint density at radius 3 is 2.15 bits per heavy atom. The number of fused-ring (bicyclic) bond motifs is 5. The fourth-order valence-corrected chi connectivity index (χ4v) is 10.2. The number of carbonyl (C=O) groups is 3. The van der Waals surface area contributed by atoms with E-state index in [-0.39, 0.29) is 72.8 Å². The fourth-order valence-electron chi connectivity index (χ4n) is 10.2. The zero-order valence-corrected chi connectivity index (χ0v) is 47.4. The molecule has 73 heavy (non-hydrogen) atoms. The summed E-state index contributed by atoms with van der Waals surface area (Å²) in [5.74, 6) is 0.674. The first kappa shape index (κ1) is 60.2. The Labute approximate surface area is 454 Å². The number of hydrogen-bond acceptors (Lipinski definition) is 10. The first-order valence-corrected chi connectivity index (χ1v) is 26.6. The number of amides is 1. The van der Waals surface area contributed by atoms with Crippen molar-refractivity contribution in [2.24, 2.45) is 44.6 Å². The number of methoxy groups -OCH3 is 1. The minimum Gasteiger partial charge on any atom is -0.469 e. The third kappa shape index (κ3) is 16.3. The van der Waals surface area contributed by atoms with Crippen LogP contribution in [-0.2, 0) is 23.9 Å². The van der Waals surface area contributed by atoms with Crippen LogP contribution in [0.3, 0.4) is 0 Å². The number of aliphatic imine (C=N–C) groups is 3. The summed E-state index contributed by atoms with van der Waals surface area (Å²) in [5, 5.41) is 10.0. The third-order valence-electron chi connectivity index (χ3n) is 14.6. The second kappa shape index (κ2) is 29.5. The standard InChI is InChI=1S/C61H84N6O5.Mg/c1-14-30-62-37-49-46(17-4)54-35-52-44(12)58(61(70)63-31-15-2)60(67-52)48(33-57(69)71-13)59-47(43(11)51(66-59)34-50-42(10)45(16-3)53(64-50)36-55(49)65-54)27-28-56(68)72-32-29-41(9)26-20-25-40(8)24-19-23-39(7)22-18-21-38(5)6;/h14-16,29,34-40,43,47,62,66H,1-3,17-28,30-33H2,4-13H3,(H,63,70);/q;+2/b41-29+,49-37+,51-34?,52-35?,53-36?,59-48?;. The van der Waals surface area contributed by atoms with E-state index in [1.165, 1.54) is 57.6 Å². The molecule has 0 spiro atoms. The van der Waals surface area contributed by atoms with E-state index in [9.17, 15) is 14.4 Å². The van der Waals surface area contributed by atoms with Crippen LogP contribution in [0.5, 0.6) is 0 Å². The zero-order valence-electron chi connectivity index (χ0n) is 46.0. The Bertz CT molecular complexity index is 2500. The Hall–Kier alpha value is -5.33. The van der Waals surface area contributed by atoms with Crippen molar-refractivity contribution in [3.8, 4) is 0 Å². The van der Waals surface area contributed by atoms with Crippen molar-refractivity contribution in [2.45, 2.75) is 146 Å². The van der Waals surface area contributed by atoms with Gasteiger partial charge in [-0.05, 0) is 105 Å². The first-order chi connectivity index (χ1) is 34.5. The van der Waals surface area contributed by atoms with Crippen LogP contribution >= 0.6 is 0 Å². The van der Waals surface area contributed by atoms with Gasteiger partial charge < -0.3 is 25.4 Å². The molecule has 12 heteroatoms. The Kier molecular flexibility index (Phi) is 24.4. The van der Waals surface area contributed by atoms with Crippen LogP contribution in [0.15, 0.2) is 157 Å². The quantitative estimate of drug-likeness (QED) is 0.0322. The molecule has 11 nitrogen and oxygen atoms in total. The normalized spacial score (nSPS) is 19.9. The van der Waals surface area contributed by atoms with Crippen molar-refractivity contribution in [3.05, 3.63) is 142 Å². The summed E-state index contributed by atoms with van der Waals surface area (Å²) in [7, 11) is 1.35. The third-order valence-corrected chi connectivity index (χ3v) is 14.6. The average molecular weight is 1010 g/mol. The van der Waals surface area contributed by atoms with Crippen molar-refractivity contribution in [1.82, 2.24) is 16.0 Å². The number of ether oxygens (including phenoxy) is 2. The van der Waals surface area contributed by atoms with Crippen molar-refractivity contribution in [2.75, 3.05) is 26.8 Å². The molecule has 0 radical (unpaired) electrons. The minimum atomic E-state index is -0.498. The molecule has 5 heterocycles. The molecule has 5 aliphatic rings. The van der Waals surface area contributed by atoms with Gasteiger partial charge in [0.1, 0.15) is 6.61 Å². The van der Waals surface area contributed by atoms with Crippen LogP contribution < -0.4 is 16.0 Å². The van der Waals surface area contributed by atoms with E-state index >= 15 is 0 Å². The van der Waals surface area contributed by atoms with Gasteiger partial charge in [-0.1, -0.05) is 117 Å². The molecule has 3 N–H and O–H groups in total. The number of allylic oxidation sites excluding steroid dienone is 11. The van der Waals surface area contributed by atoms with Gasteiger partial charge in [-0.2, -0.15) is 0 Å². The molecule has 1 fully saturated rings. The van der Waals surface area contributed by atoms with Gasteiger partial charge in [0.15, 0.2) is 0 Å². The number of esters is 2. The molecule has 0 aromatic rings. The topological polar surface area (TPSA) is 143 Å². The van der Waals surface area contributed by atoms with Crippen LogP contribution in [0.2, 0.25) is 0 Å². The molecular formula is C61H84MgN6O5+2. The van der Waals surface area contributed by atoms with Crippen molar-refractivity contribution < 1.29 is 23.9 Å². The monoisotopic (exact) mass is 1000 g/mol. The van der Waals surface area contributed by atoms with Gasteiger partial charge in [-0.15, -0.1) is 13.2 Å². The Balaban J connectivity index is 0.0000116. The van der Waals surface area contributed by atoms with Crippen molar-refractivity contribution in [3.63, 3.8) is 0 Å². The number of hydrogen-bond donors (Lipinski definition) is 3. The van der Waals surface area contributed by atoms with Gasteiger partial charge in [-0.3, -0.25) is 14.4 Å². The molecule has 0 aromatic heterocycles. The molecule has 0 aromatic carbocycles. The first-order valence-electron chi connectivity index (χ1n) is 26.6. The van der Waals surface area contributed by atoms with Crippen molar-refractivity contribution in [1.29, 1.82) is 0 Å². The van der Waals surface area contributed by atoms with E-state index < -0.39 is 5.97 Å². The molecule has 0 saturated carbocycles. The van der Waals surface area contributed by atoms with E-state index in [1.807, 2.05) is 50.4 Å².